The normalized spacial score (nSPS) is 11.7. The minimum Gasteiger partial charge on any atom is -0.385 e. The third kappa shape index (κ3) is 8.05. The number of rotatable bonds is 13. The van der Waals surface area contributed by atoms with E-state index in [1.165, 1.54) is 4.88 Å². The molecule has 1 heterocycles. The molecule has 0 aliphatic heterocycles. The van der Waals surface area contributed by atoms with Crippen LogP contribution < -0.4 is 0 Å². The zero-order chi connectivity index (χ0) is 25.0. The van der Waals surface area contributed by atoms with E-state index in [-0.39, 0.29) is 24.3 Å². The molecule has 35 heavy (non-hydrogen) atoms. The van der Waals surface area contributed by atoms with Crippen LogP contribution in [0, 0.1) is 6.92 Å². The Kier molecular flexibility index (Phi) is 10.5. The number of carbonyl (C=O) groups excluding carboxylic acids is 2. The molecule has 3 rings (SSSR count). The molecular weight excluding hydrogens is 456 g/mol. The molecule has 0 spiro atoms. The highest BCUT2D eigenvalue weighted by molar-refractivity contribution is 7.11. The summed E-state index contributed by atoms with van der Waals surface area (Å²) in [4.78, 5) is 33.3. The summed E-state index contributed by atoms with van der Waals surface area (Å²) in [6.07, 6.45) is 1.36. The van der Waals surface area contributed by atoms with E-state index in [0.29, 0.717) is 39.1 Å². The van der Waals surface area contributed by atoms with Gasteiger partial charge in [0.25, 0.3) is 0 Å². The average Bonchev–Trinajstić information content (AvgIpc) is 3.29. The minimum atomic E-state index is -0.269. The van der Waals surface area contributed by atoms with Crippen LogP contribution in [0.2, 0.25) is 0 Å². The van der Waals surface area contributed by atoms with E-state index >= 15 is 0 Å². The Labute approximate surface area is 213 Å². The number of ether oxygens (including phenoxy) is 1. The molecule has 0 saturated carbocycles. The van der Waals surface area contributed by atoms with Gasteiger partial charge in [-0.1, -0.05) is 67.6 Å². The predicted octanol–water partition coefficient (Wildman–Crippen LogP) is 5.64. The van der Waals surface area contributed by atoms with Gasteiger partial charge in [0.15, 0.2) is 0 Å². The summed E-state index contributed by atoms with van der Waals surface area (Å²) in [5.41, 5.74) is 2.06. The molecule has 0 saturated heterocycles. The first-order valence-electron chi connectivity index (χ1n) is 12.2. The number of nitrogens with zero attached hydrogens (tertiary/aromatic N) is 2. The van der Waals surface area contributed by atoms with E-state index in [1.54, 1.807) is 23.3 Å². The van der Waals surface area contributed by atoms with Crippen LogP contribution in [-0.2, 0) is 27.4 Å². The Morgan fingerprint density at radius 2 is 1.60 bits per heavy atom. The highest BCUT2D eigenvalue weighted by Gasteiger charge is 2.27. The third-order valence-electron chi connectivity index (χ3n) is 6.03. The molecule has 0 aliphatic carbocycles. The summed E-state index contributed by atoms with van der Waals surface area (Å²) < 4.78 is 5.22. The monoisotopic (exact) mass is 492 g/mol. The van der Waals surface area contributed by atoms with Crippen molar-refractivity contribution in [3.05, 3.63) is 93.7 Å². The molecule has 5 nitrogen and oxygen atoms in total. The van der Waals surface area contributed by atoms with E-state index in [1.807, 2.05) is 72.5 Å². The van der Waals surface area contributed by atoms with Gasteiger partial charge in [-0.2, -0.15) is 0 Å². The molecule has 2 amide bonds. The molecule has 3 aromatic rings. The molecule has 0 aliphatic rings. The molecule has 186 valence electrons. The summed E-state index contributed by atoms with van der Waals surface area (Å²) in [7, 11) is 1.65. The Hall–Kier alpha value is -2.96. The Bertz CT molecular complexity index is 1050. The Balaban J connectivity index is 1.81. The molecule has 6 heteroatoms. The average molecular weight is 493 g/mol. The predicted molar refractivity (Wildman–Crippen MR) is 142 cm³/mol. The smallest absolute Gasteiger partial charge is 0.242 e. The fourth-order valence-electron chi connectivity index (χ4n) is 4.18. The number of methoxy groups -OCH3 is 1. The number of thiophene rings is 1. The van der Waals surface area contributed by atoms with Crippen LogP contribution in [0.25, 0.3) is 0 Å². The van der Waals surface area contributed by atoms with Crippen LogP contribution in [-0.4, -0.2) is 48.4 Å². The van der Waals surface area contributed by atoms with Crippen molar-refractivity contribution in [3.63, 3.8) is 0 Å². The lowest BCUT2D eigenvalue weighted by atomic mass is 9.95. The van der Waals surface area contributed by atoms with Gasteiger partial charge in [0, 0.05) is 36.6 Å². The molecule has 0 fully saturated rings. The van der Waals surface area contributed by atoms with Gasteiger partial charge in [0.1, 0.15) is 0 Å². The second-order valence-electron chi connectivity index (χ2n) is 8.73. The summed E-state index contributed by atoms with van der Waals surface area (Å²) in [6.45, 7) is 6.22. The molecule has 1 atom stereocenters. The van der Waals surface area contributed by atoms with Crippen molar-refractivity contribution in [2.45, 2.75) is 45.7 Å². The van der Waals surface area contributed by atoms with E-state index < -0.39 is 0 Å². The lowest BCUT2D eigenvalue weighted by Gasteiger charge is -2.30. The minimum absolute atomic E-state index is 0.00483. The largest absolute Gasteiger partial charge is 0.385 e. The summed E-state index contributed by atoms with van der Waals surface area (Å²) in [6, 6.07) is 24.0. The van der Waals surface area contributed by atoms with E-state index in [4.69, 9.17) is 4.74 Å². The SMILES string of the molecule is CCC(C(=O)N(CCCOC)CC(=O)N(Cc1ccccc1)Cc1ccc(C)s1)c1ccccc1. The van der Waals surface area contributed by atoms with Crippen molar-refractivity contribution in [3.8, 4) is 0 Å². The number of carbonyl (C=O) groups is 2. The van der Waals surface area contributed by atoms with Crippen molar-refractivity contribution in [2.75, 3.05) is 26.8 Å². The maximum absolute atomic E-state index is 13.7. The summed E-state index contributed by atoms with van der Waals surface area (Å²) in [5.74, 6) is -0.322. The van der Waals surface area contributed by atoms with Crippen molar-refractivity contribution in [1.29, 1.82) is 0 Å². The van der Waals surface area contributed by atoms with Gasteiger partial charge in [-0.15, -0.1) is 11.3 Å². The second-order valence-corrected chi connectivity index (χ2v) is 10.1. The summed E-state index contributed by atoms with van der Waals surface area (Å²) >= 11 is 1.70. The van der Waals surface area contributed by atoms with Gasteiger partial charge in [0.2, 0.25) is 11.8 Å². The third-order valence-corrected chi connectivity index (χ3v) is 7.02. The molecule has 2 aromatic carbocycles. The van der Waals surface area contributed by atoms with Gasteiger partial charge < -0.3 is 14.5 Å². The number of benzene rings is 2. The zero-order valence-electron chi connectivity index (χ0n) is 21.0. The van der Waals surface area contributed by atoms with Gasteiger partial charge in [0.05, 0.1) is 19.0 Å². The fraction of sp³-hybridized carbons (Fsp3) is 0.379. The standard InChI is InChI=1S/C29H36N2O3S/c1-4-27(25-14-9-6-10-15-25)29(33)30(18-11-19-34-3)22-28(32)31(20-24-12-7-5-8-13-24)21-26-17-16-23(2)35-26/h5-10,12-17,27H,4,11,18-22H2,1-3H3. The van der Waals surface area contributed by atoms with E-state index in [9.17, 15) is 9.59 Å². The van der Waals surface area contributed by atoms with Gasteiger partial charge in [-0.3, -0.25) is 9.59 Å². The fourth-order valence-corrected chi connectivity index (χ4v) is 5.09. The second kappa shape index (κ2) is 13.8. The molecule has 0 bridgehead atoms. The number of hydrogen-bond donors (Lipinski definition) is 0. The molecule has 1 aromatic heterocycles. The van der Waals surface area contributed by atoms with Crippen LogP contribution in [0.5, 0.6) is 0 Å². The topological polar surface area (TPSA) is 49.9 Å². The first-order chi connectivity index (χ1) is 17.0. The molecule has 1 unspecified atom stereocenters. The lowest BCUT2D eigenvalue weighted by molar-refractivity contribution is -0.142. The first-order valence-corrected chi connectivity index (χ1v) is 13.0. The van der Waals surface area contributed by atoms with Gasteiger partial charge in [-0.25, -0.2) is 0 Å². The van der Waals surface area contributed by atoms with Gasteiger partial charge >= 0.3 is 0 Å². The van der Waals surface area contributed by atoms with Crippen molar-refractivity contribution in [1.82, 2.24) is 9.80 Å². The Morgan fingerprint density at radius 3 is 2.20 bits per heavy atom. The van der Waals surface area contributed by atoms with Crippen LogP contribution in [0.3, 0.4) is 0 Å². The van der Waals surface area contributed by atoms with Crippen molar-refractivity contribution < 1.29 is 14.3 Å². The Morgan fingerprint density at radius 1 is 0.914 bits per heavy atom. The van der Waals surface area contributed by atoms with Crippen LogP contribution in [0.4, 0.5) is 0 Å². The quantitative estimate of drug-likeness (QED) is 0.290. The van der Waals surface area contributed by atoms with Crippen molar-refractivity contribution in [2.24, 2.45) is 0 Å². The van der Waals surface area contributed by atoms with E-state index in [2.05, 4.69) is 19.1 Å². The van der Waals surface area contributed by atoms with Crippen LogP contribution in [0.15, 0.2) is 72.8 Å². The highest BCUT2D eigenvalue weighted by atomic mass is 32.1. The lowest BCUT2D eigenvalue weighted by Crippen LogP contribution is -2.44. The van der Waals surface area contributed by atoms with Crippen LogP contribution in [0.1, 0.15) is 46.6 Å². The number of amides is 2. The maximum atomic E-state index is 13.7. The maximum Gasteiger partial charge on any atom is 0.242 e. The highest BCUT2D eigenvalue weighted by Crippen LogP contribution is 2.23. The zero-order valence-corrected chi connectivity index (χ0v) is 21.8. The molecule has 0 N–H and O–H groups in total. The number of hydrogen-bond acceptors (Lipinski definition) is 4. The van der Waals surface area contributed by atoms with Gasteiger partial charge in [-0.05, 0) is 43.0 Å². The number of aryl methyl sites for hydroxylation is 1. The first kappa shape index (κ1) is 26.6. The van der Waals surface area contributed by atoms with Crippen molar-refractivity contribution >= 4 is 23.2 Å². The molecular formula is C29H36N2O3S. The summed E-state index contributed by atoms with van der Waals surface area (Å²) in [5, 5.41) is 0. The molecule has 0 radical (unpaired) electrons. The van der Waals surface area contributed by atoms with E-state index in [0.717, 1.165) is 16.0 Å². The van der Waals surface area contributed by atoms with Crippen LogP contribution >= 0.6 is 11.3 Å².